The van der Waals surface area contributed by atoms with Gasteiger partial charge in [0, 0.05) is 18.1 Å². The summed E-state index contributed by atoms with van der Waals surface area (Å²) in [6.07, 6.45) is 2.07. The third kappa shape index (κ3) is 3.23. The van der Waals surface area contributed by atoms with E-state index in [2.05, 4.69) is 0 Å². The van der Waals surface area contributed by atoms with Crippen LogP contribution in [0.15, 0.2) is 36.4 Å². The molecule has 2 aromatic rings. The number of ketones is 1. The molecule has 1 heterocycles. The first-order valence-electron chi connectivity index (χ1n) is 8.15. The number of hydrogen-bond acceptors (Lipinski definition) is 6. The fourth-order valence-electron chi connectivity index (χ4n) is 2.83. The molecule has 136 valence electrons. The number of allylic oxidation sites excluding steroid dienone is 1. The number of benzene rings is 2. The molecule has 0 aliphatic carbocycles. The van der Waals surface area contributed by atoms with Gasteiger partial charge in [0.05, 0.1) is 6.10 Å². The molecule has 6 nitrogen and oxygen atoms in total. The fourth-order valence-corrected chi connectivity index (χ4v) is 2.83. The third-order valence-electron chi connectivity index (χ3n) is 4.47. The standard InChI is InChI=1S/C20H20O6/c1-20(2)17(25)9-13-15(23)10-16(24)18(19(13)26-20)14(22)8-5-11-3-6-12(21)7-4-11/h3-8,10,17,21,23-25H,9H2,1-2H3/b8-5+/t17-/m0/s1. The van der Waals surface area contributed by atoms with Gasteiger partial charge in [-0.15, -0.1) is 0 Å². The average Bonchev–Trinajstić information content (AvgIpc) is 2.56. The zero-order valence-corrected chi connectivity index (χ0v) is 14.4. The van der Waals surface area contributed by atoms with Crippen molar-refractivity contribution in [3.63, 3.8) is 0 Å². The van der Waals surface area contributed by atoms with Crippen LogP contribution in [0.2, 0.25) is 0 Å². The number of fused-ring (bicyclic) bond motifs is 1. The lowest BCUT2D eigenvalue weighted by molar-refractivity contribution is -0.0421. The van der Waals surface area contributed by atoms with Crippen molar-refractivity contribution < 1.29 is 30.0 Å². The predicted octanol–water partition coefficient (Wildman–Crippen LogP) is 2.77. The molecule has 3 rings (SSSR count). The lowest BCUT2D eigenvalue weighted by Gasteiger charge is -2.38. The van der Waals surface area contributed by atoms with Crippen molar-refractivity contribution in [2.45, 2.75) is 32.0 Å². The van der Waals surface area contributed by atoms with Crippen LogP contribution in [-0.2, 0) is 6.42 Å². The number of phenols is 3. The molecule has 0 saturated heterocycles. The minimum absolute atomic E-state index is 0.0622. The van der Waals surface area contributed by atoms with E-state index in [1.54, 1.807) is 32.1 Å². The number of phenolic OH excluding ortho intramolecular Hbond substituents is 3. The summed E-state index contributed by atoms with van der Waals surface area (Å²) in [7, 11) is 0. The first-order valence-corrected chi connectivity index (χ1v) is 8.15. The smallest absolute Gasteiger partial charge is 0.193 e. The maximum absolute atomic E-state index is 12.7. The molecule has 0 unspecified atom stereocenters. The van der Waals surface area contributed by atoms with Crippen molar-refractivity contribution >= 4 is 11.9 Å². The monoisotopic (exact) mass is 356 g/mol. The lowest BCUT2D eigenvalue weighted by Crippen LogP contribution is -2.46. The van der Waals surface area contributed by atoms with E-state index >= 15 is 0 Å². The Bertz CT molecular complexity index is 880. The Kier molecular flexibility index (Phi) is 4.38. The molecular weight excluding hydrogens is 336 g/mol. The molecule has 0 fully saturated rings. The van der Waals surface area contributed by atoms with Crippen molar-refractivity contribution in [1.29, 1.82) is 0 Å². The van der Waals surface area contributed by atoms with Crippen LogP contribution in [0, 0.1) is 0 Å². The highest BCUT2D eigenvalue weighted by Crippen LogP contribution is 2.44. The van der Waals surface area contributed by atoms with Gasteiger partial charge in [0.2, 0.25) is 0 Å². The van der Waals surface area contributed by atoms with E-state index in [9.17, 15) is 25.2 Å². The van der Waals surface area contributed by atoms with Crippen LogP contribution >= 0.6 is 0 Å². The highest BCUT2D eigenvalue weighted by molar-refractivity contribution is 6.11. The number of aliphatic hydroxyl groups excluding tert-OH is 1. The second-order valence-electron chi connectivity index (χ2n) is 6.81. The van der Waals surface area contributed by atoms with E-state index in [4.69, 9.17) is 4.74 Å². The molecule has 0 saturated carbocycles. The second-order valence-corrected chi connectivity index (χ2v) is 6.81. The highest BCUT2D eigenvalue weighted by atomic mass is 16.5. The molecule has 26 heavy (non-hydrogen) atoms. The van der Waals surface area contributed by atoms with Crippen molar-refractivity contribution in [3.05, 3.63) is 53.1 Å². The first-order chi connectivity index (χ1) is 12.2. The summed E-state index contributed by atoms with van der Waals surface area (Å²) in [5.74, 6) is -0.926. The van der Waals surface area contributed by atoms with Crippen molar-refractivity contribution in [3.8, 4) is 23.0 Å². The van der Waals surface area contributed by atoms with Crippen LogP contribution in [0.5, 0.6) is 23.0 Å². The van der Waals surface area contributed by atoms with E-state index in [-0.39, 0.29) is 34.8 Å². The second kappa shape index (κ2) is 6.38. The number of carbonyl (C=O) groups is 1. The van der Waals surface area contributed by atoms with E-state index < -0.39 is 23.2 Å². The van der Waals surface area contributed by atoms with Crippen LogP contribution in [0.3, 0.4) is 0 Å². The molecule has 0 spiro atoms. The number of hydrogen-bond donors (Lipinski definition) is 4. The van der Waals surface area contributed by atoms with Gasteiger partial charge in [-0.1, -0.05) is 18.2 Å². The third-order valence-corrected chi connectivity index (χ3v) is 4.47. The minimum Gasteiger partial charge on any atom is -0.508 e. The Labute approximate surface area is 150 Å². The summed E-state index contributed by atoms with van der Waals surface area (Å²) in [4.78, 5) is 12.7. The Hall–Kier alpha value is -2.99. The zero-order valence-electron chi connectivity index (χ0n) is 14.4. The number of aliphatic hydroxyl groups is 1. The summed E-state index contributed by atoms with van der Waals surface area (Å²) < 4.78 is 5.76. The molecule has 1 aliphatic heterocycles. The molecule has 0 aromatic heterocycles. The molecule has 2 aromatic carbocycles. The summed E-state index contributed by atoms with van der Waals surface area (Å²) in [6.45, 7) is 3.34. The minimum atomic E-state index is -0.969. The van der Waals surface area contributed by atoms with Gasteiger partial charge in [-0.05, 0) is 37.6 Å². The number of aromatic hydroxyl groups is 3. The van der Waals surface area contributed by atoms with Crippen LogP contribution in [-0.4, -0.2) is 37.9 Å². The first kappa shape index (κ1) is 17.8. The fraction of sp³-hybridized carbons (Fsp3) is 0.250. The Morgan fingerprint density at radius 3 is 2.46 bits per heavy atom. The number of carbonyl (C=O) groups excluding carboxylic acids is 1. The van der Waals surface area contributed by atoms with Crippen LogP contribution in [0.1, 0.15) is 35.3 Å². The summed E-state index contributed by atoms with van der Waals surface area (Å²) in [6, 6.07) is 7.35. The van der Waals surface area contributed by atoms with E-state index in [1.165, 1.54) is 18.2 Å². The molecule has 0 radical (unpaired) electrons. The highest BCUT2D eigenvalue weighted by Gasteiger charge is 2.39. The van der Waals surface area contributed by atoms with Crippen LogP contribution in [0.25, 0.3) is 6.08 Å². The van der Waals surface area contributed by atoms with E-state index in [1.807, 2.05) is 0 Å². The normalized spacial score (nSPS) is 18.3. The van der Waals surface area contributed by atoms with Crippen LogP contribution < -0.4 is 4.74 Å². The number of ether oxygens (including phenoxy) is 1. The number of rotatable bonds is 3. The molecule has 1 atom stereocenters. The molecule has 6 heteroatoms. The van der Waals surface area contributed by atoms with Gasteiger partial charge < -0.3 is 25.2 Å². The van der Waals surface area contributed by atoms with Gasteiger partial charge in [-0.2, -0.15) is 0 Å². The SMILES string of the molecule is CC1(C)Oc2c(c(O)cc(O)c2C(=O)/C=C/c2ccc(O)cc2)C[C@@H]1O. The van der Waals surface area contributed by atoms with Crippen molar-refractivity contribution in [1.82, 2.24) is 0 Å². The summed E-state index contributed by atoms with van der Waals surface area (Å²) >= 11 is 0. The topological polar surface area (TPSA) is 107 Å². The van der Waals surface area contributed by atoms with E-state index in [0.29, 0.717) is 5.56 Å². The Balaban J connectivity index is 2.01. The van der Waals surface area contributed by atoms with Gasteiger partial charge in [0.1, 0.15) is 34.2 Å². The average molecular weight is 356 g/mol. The van der Waals surface area contributed by atoms with Crippen molar-refractivity contribution in [2.24, 2.45) is 0 Å². The quantitative estimate of drug-likeness (QED) is 0.498. The van der Waals surface area contributed by atoms with Gasteiger partial charge >= 0.3 is 0 Å². The maximum Gasteiger partial charge on any atom is 0.193 e. The molecule has 0 amide bonds. The molecular formula is C20H20O6. The lowest BCUT2D eigenvalue weighted by atomic mass is 9.88. The molecule has 0 bridgehead atoms. The van der Waals surface area contributed by atoms with Crippen LogP contribution in [0.4, 0.5) is 0 Å². The van der Waals surface area contributed by atoms with E-state index in [0.717, 1.165) is 6.07 Å². The van der Waals surface area contributed by atoms with Crippen molar-refractivity contribution in [2.75, 3.05) is 0 Å². The maximum atomic E-state index is 12.7. The van der Waals surface area contributed by atoms with Gasteiger partial charge in [0.25, 0.3) is 0 Å². The largest absolute Gasteiger partial charge is 0.508 e. The Morgan fingerprint density at radius 1 is 1.15 bits per heavy atom. The summed E-state index contributed by atoms with van der Waals surface area (Å²) in [5, 5.41) is 39.7. The van der Waals surface area contributed by atoms with Gasteiger partial charge in [0.15, 0.2) is 5.78 Å². The Morgan fingerprint density at radius 2 is 1.81 bits per heavy atom. The van der Waals surface area contributed by atoms with Gasteiger partial charge in [-0.25, -0.2) is 0 Å². The predicted molar refractivity (Wildman–Crippen MR) is 95.7 cm³/mol. The summed E-state index contributed by atoms with van der Waals surface area (Å²) in [5.41, 5.74) is -0.0492. The molecule has 1 aliphatic rings. The zero-order chi connectivity index (χ0) is 19.1. The molecule has 4 N–H and O–H groups in total. The van der Waals surface area contributed by atoms with Gasteiger partial charge in [-0.3, -0.25) is 4.79 Å².